The second-order valence-corrected chi connectivity index (χ2v) is 17.1. The summed E-state index contributed by atoms with van der Waals surface area (Å²) < 4.78 is 15.5. The highest BCUT2D eigenvalue weighted by molar-refractivity contribution is 6.16. The van der Waals surface area contributed by atoms with Crippen molar-refractivity contribution in [3.8, 4) is 34.0 Å². The monoisotopic (exact) mass is 858 g/mol. The van der Waals surface area contributed by atoms with Crippen molar-refractivity contribution in [2.75, 3.05) is 0 Å². The molecular weight excluding hydrogens is 821 g/mol. The molecule has 5 heterocycles. The maximum atomic E-state index is 9.81. The third-order valence-corrected chi connectivity index (χ3v) is 13.4. The molecule has 0 aliphatic carbocycles. The Labute approximate surface area is 385 Å². The SMILES string of the molecule is CC1=C(c2nccc3oc4ccc(-c5ccc6c(c5)c5ccccc5n6-c5cccc6c5oc5ccccc56)cc4c23)N=C(c2ccc(-c3ccccc3C#N)cc2)CC=C1c1ccccc1. The number of aliphatic imine (C=N–C) groups is 1. The van der Waals surface area contributed by atoms with Gasteiger partial charge in [-0.2, -0.15) is 5.26 Å². The summed E-state index contributed by atoms with van der Waals surface area (Å²) in [6.07, 6.45) is 4.73. The van der Waals surface area contributed by atoms with Crippen LogP contribution in [0.1, 0.15) is 35.7 Å². The second kappa shape index (κ2) is 15.3. The van der Waals surface area contributed by atoms with Gasteiger partial charge in [0.2, 0.25) is 0 Å². The second-order valence-electron chi connectivity index (χ2n) is 17.1. The third kappa shape index (κ3) is 6.17. The van der Waals surface area contributed by atoms with E-state index in [1.165, 1.54) is 5.39 Å². The molecule has 0 amide bonds. The fourth-order valence-electron chi connectivity index (χ4n) is 10.2. The number of hydrogen-bond donors (Lipinski definition) is 0. The Hall–Kier alpha value is -9.05. The molecule has 1 aliphatic heterocycles. The Morgan fingerprint density at radius 2 is 1.22 bits per heavy atom. The summed E-state index contributed by atoms with van der Waals surface area (Å²) in [5.74, 6) is 0. The van der Waals surface area contributed by atoms with Crippen LogP contribution in [0.4, 0.5) is 0 Å². The standard InChI is InChI=1S/C61H38N4O2/c1-37-44(38-12-3-2-4-13-38)28-29-51(40-24-22-39(23-25-40)45-15-6-5-14-43(45)36-62)64-59(37)60-58-50-35-42(27-31-56(50)66-57(58)32-33-63-60)41-26-30-53-49(34-41)46-16-7-9-19-52(46)65(53)54-20-11-18-48-47-17-8-10-21-55(47)67-61(48)54/h2-28,30-35H,29H2,1H3. The predicted molar refractivity (Wildman–Crippen MR) is 273 cm³/mol. The minimum Gasteiger partial charge on any atom is -0.456 e. The van der Waals surface area contributed by atoms with Crippen LogP contribution in [-0.2, 0) is 0 Å². The fraction of sp³-hybridized carbons (Fsp3) is 0.0328. The summed E-state index contributed by atoms with van der Waals surface area (Å²) in [5, 5.41) is 16.2. The topological polar surface area (TPSA) is 80.2 Å². The zero-order chi connectivity index (χ0) is 44.6. The Kier molecular flexibility index (Phi) is 8.77. The molecule has 0 unspecified atom stereocenters. The highest BCUT2D eigenvalue weighted by atomic mass is 16.3. The van der Waals surface area contributed by atoms with E-state index >= 15 is 0 Å². The summed E-state index contributed by atoms with van der Waals surface area (Å²) >= 11 is 0. The van der Waals surface area contributed by atoms with Crippen molar-refractivity contribution < 1.29 is 8.83 Å². The van der Waals surface area contributed by atoms with Crippen molar-refractivity contribution in [3.63, 3.8) is 0 Å². The molecule has 0 atom stereocenters. The van der Waals surface area contributed by atoms with E-state index in [9.17, 15) is 5.26 Å². The number of hydrogen-bond acceptors (Lipinski definition) is 5. The van der Waals surface area contributed by atoms with E-state index in [1.807, 2.05) is 54.7 Å². The number of aromatic nitrogens is 2. The number of nitrogens with zero attached hydrogens (tertiary/aromatic N) is 4. The molecule has 314 valence electrons. The summed E-state index contributed by atoms with van der Waals surface area (Å²) in [6, 6.07) is 67.4. The first-order valence-corrected chi connectivity index (χ1v) is 22.5. The van der Waals surface area contributed by atoms with Crippen molar-refractivity contribution in [2.24, 2.45) is 4.99 Å². The molecule has 0 spiro atoms. The zero-order valence-corrected chi connectivity index (χ0v) is 36.4. The van der Waals surface area contributed by atoms with Crippen LogP contribution in [0.2, 0.25) is 0 Å². The molecular formula is C61H38N4O2. The molecule has 0 saturated heterocycles. The van der Waals surface area contributed by atoms with Crippen LogP contribution < -0.4 is 0 Å². The maximum Gasteiger partial charge on any atom is 0.159 e. The molecule has 6 heteroatoms. The summed E-state index contributed by atoms with van der Waals surface area (Å²) in [6.45, 7) is 2.15. The maximum absolute atomic E-state index is 9.81. The molecule has 0 radical (unpaired) electrons. The van der Waals surface area contributed by atoms with E-state index in [1.54, 1.807) is 0 Å². The molecule has 4 aromatic heterocycles. The highest BCUT2D eigenvalue weighted by Crippen LogP contribution is 2.43. The van der Waals surface area contributed by atoms with Crippen molar-refractivity contribution in [3.05, 3.63) is 228 Å². The molecule has 0 saturated carbocycles. The smallest absolute Gasteiger partial charge is 0.159 e. The summed E-state index contributed by atoms with van der Waals surface area (Å²) in [4.78, 5) is 10.7. The highest BCUT2D eigenvalue weighted by Gasteiger charge is 2.24. The normalized spacial score (nSPS) is 13.2. The van der Waals surface area contributed by atoms with Gasteiger partial charge in [-0.1, -0.05) is 140 Å². The van der Waals surface area contributed by atoms with Gasteiger partial charge in [0.25, 0.3) is 0 Å². The molecule has 67 heavy (non-hydrogen) atoms. The Balaban J connectivity index is 0.959. The lowest BCUT2D eigenvalue weighted by Gasteiger charge is -2.12. The van der Waals surface area contributed by atoms with E-state index in [2.05, 4.69) is 163 Å². The molecule has 8 aromatic carbocycles. The van der Waals surface area contributed by atoms with Crippen LogP contribution in [-0.4, -0.2) is 15.3 Å². The molecule has 0 bridgehead atoms. The van der Waals surface area contributed by atoms with E-state index in [-0.39, 0.29) is 0 Å². The molecule has 12 aromatic rings. The quantitative estimate of drug-likeness (QED) is 0.167. The third-order valence-electron chi connectivity index (χ3n) is 13.4. The number of furan rings is 2. The van der Waals surface area contributed by atoms with Gasteiger partial charge in [0, 0.05) is 39.5 Å². The first kappa shape index (κ1) is 38.4. The van der Waals surface area contributed by atoms with Crippen molar-refractivity contribution >= 4 is 82.7 Å². The van der Waals surface area contributed by atoms with Gasteiger partial charge in [0.05, 0.1) is 45.1 Å². The molecule has 1 aliphatic rings. The van der Waals surface area contributed by atoms with E-state index in [0.29, 0.717) is 12.0 Å². The Morgan fingerprint density at radius 3 is 2.09 bits per heavy atom. The minimum atomic E-state index is 0.623. The van der Waals surface area contributed by atoms with Gasteiger partial charge in [-0.25, -0.2) is 4.99 Å². The largest absolute Gasteiger partial charge is 0.456 e. The van der Waals surface area contributed by atoms with Crippen molar-refractivity contribution in [1.82, 2.24) is 9.55 Å². The number of para-hydroxylation sites is 3. The van der Waals surface area contributed by atoms with Gasteiger partial charge in [-0.05, 0) is 106 Å². The lowest BCUT2D eigenvalue weighted by Crippen LogP contribution is -2.01. The number of pyridine rings is 1. The van der Waals surface area contributed by atoms with Gasteiger partial charge in [-0.15, -0.1) is 0 Å². The van der Waals surface area contributed by atoms with Gasteiger partial charge in [0.1, 0.15) is 22.4 Å². The first-order valence-electron chi connectivity index (χ1n) is 22.5. The average molecular weight is 859 g/mol. The first-order chi connectivity index (χ1) is 33.1. The average Bonchev–Trinajstić information content (AvgIpc) is 4.03. The van der Waals surface area contributed by atoms with Crippen molar-refractivity contribution in [2.45, 2.75) is 13.3 Å². The van der Waals surface area contributed by atoms with Crippen LogP contribution >= 0.6 is 0 Å². The van der Waals surface area contributed by atoms with Gasteiger partial charge < -0.3 is 13.4 Å². The lowest BCUT2D eigenvalue weighted by molar-refractivity contribution is 0.666. The van der Waals surface area contributed by atoms with E-state index in [4.69, 9.17) is 18.8 Å². The van der Waals surface area contributed by atoms with E-state index < -0.39 is 0 Å². The fourth-order valence-corrected chi connectivity index (χ4v) is 10.2. The molecule has 6 nitrogen and oxygen atoms in total. The lowest BCUT2D eigenvalue weighted by atomic mass is 9.94. The molecule has 0 fully saturated rings. The Morgan fingerprint density at radius 1 is 0.537 bits per heavy atom. The molecule has 13 rings (SSSR count). The number of allylic oxidation sites excluding steroid dienone is 3. The van der Waals surface area contributed by atoms with Crippen LogP contribution in [0.15, 0.2) is 220 Å². The number of benzene rings is 8. The van der Waals surface area contributed by atoms with Gasteiger partial charge >= 0.3 is 0 Å². The number of nitriles is 1. The van der Waals surface area contributed by atoms with Crippen LogP contribution in [0, 0.1) is 11.3 Å². The number of fused-ring (bicyclic) bond motifs is 9. The van der Waals surface area contributed by atoms with E-state index in [0.717, 1.165) is 128 Å². The van der Waals surface area contributed by atoms with Crippen LogP contribution in [0.25, 0.3) is 105 Å². The summed E-state index contributed by atoms with van der Waals surface area (Å²) in [5.41, 5.74) is 18.0. The van der Waals surface area contributed by atoms with Crippen LogP contribution in [0.3, 0.4) is 0 Å². The van der Waals surface area contributed by atoms with Gasteiger partial charge in [-0.3, -0.25) is 4.98 Å². The summed E-state index contributed by atoms with van der Waals surface area (Å²) in [7, 11) is 0. The van der Waals surface area contributed by atoms with Crippen molar-refractivity contribution in [1.29, 1.82) is 5.26 Å². The predicted octanol–water partition coefficient (Wildman–Crippen LogP) is 15.9. The molecule has 0 N–H and O–H groups in total. The van der Waals surface area contributed by atoms with Crippen LogP contribution in [0.5, 0.6) is 0 Å². The Bertz CT molecular complexity index is 4140. The minimum absolute atomic E-state index is 0.623. The zero-order valence-electron chi connectivity index (χ0n) is 36.4. The number of rotatable bonds is 6. The van der Waals surface area contributed by atoms with Gasteiger partial charge in [0.15, 0.2) is 5.58 Å².